The number of aryl methyl sites for hydroxylation is 1. The summed E-state index contributed by atoms with van der Waals surface area (Å²) in [7, 11) is 0. The van der Waals surface area contributed by atoms with Crippen molar-refractivity contribution in [2.24, 2.45) is 0 Å². The second kappa shape index (κ2) is 7.79. The van der Waals surface area contributed by atoms with Crippen molar-refractivity contribution in [3.8, 4) is 11.5 Å². The van der Waals surface area contributed by atoms with Gasteiger partial charge in [-0.3, -0.25) is 4.79 Å². The Morgan fingerprint density at radius 2 is 1.65 bits per heavy atom. The molecule has 0 aliphatic heterocycles. The normalized spacial score (nSPS) is 10.6. The van der Waals surface area contributed by atoms with Crippen LogP contribution in [0, 0.1) is 0 Å². The van der Waals surface area contributed by atoms with E-state index in [0.717, 1.165) is 11.1 Å². The summed E-state index contributed by atoms with van der Waals surface area (Å²) in [5.41, 5.74) is 1.63. The van der Waals surface area contributed by atoms with Gasteiger partial charge in [-0.15, -0.1) is 0 Å². The Bertz CT molecular complexity index is 699. The molecule has 0 fully saturated rings. The zero-order chi connectivity index (χ0) is 16.7. The molecule has 0 aliphatic carbocycles. The molecule has 0 radical (unpaired) electrons. The van der Waals surface area contributed by atoms with Crippen LogP contribution in [0.2, 0.25) is 0 Å². The summed E-state index contributed by atoms with van der Waals surface area (Å²) < 4.78 is 5.15. The van der Waals surface area contributed by atoms with Crippen LogP contribution in [0.4, 0.5) is 0 Å². The van der Waals surface area contributed by atoms with Crippen LogP contribution in [-0.4, -0.2) is 22.2 Å². The van der Waals surface area contributed by atoms with Crippen LogP contribution in [0.1, 0.15) is 17.5 Å². The number of carbonyl (C=O) groups excluding carboxylic acids is 1. The number of ether oxygens (including phenoxy) is 1. The summed E-state index contributed by atoms with van der Waals surface area (Å²) in [4.78, 5) is 22.2. The van der Waals surface area contributed by atoms with Gasteiger partial charge in [0.15, 0.2) is 0 Å². The van der Waals surface area contributed by atoms with E-state index in [4.69, 9.17) is 9.84 Å². The SMILES string of the molecule is O=C(O)CCc1ccc(OC(=O)/C=C/c2ccc(O)cc2)cc1. The Balaban J connectivity index is 1.89. The number of phenols is 1. The molecule has 0 spiro atoms. The Morgan fingerprint density at radius 1 is 1.00 bits per heavy atom. The van der Waals surface area contributed by atoms with Gasteiger partial charge in [-0.2, -0.15) is 0 Å². The lowest BCUT2D eigenvalue weighted by Gasteiger charge is -2.03. The molecule has 5 nitrogen and oxygen atoms in total. The number of esters is 1. The van der Waals surface area contributed by atoms with Gasteiger partial charge in [-0.05, 0) is 47.9 Å². The quantitative estimate of drug-likeness (QED) is 0.486. The Labute approximate surface area is 133 Å². The number of hydrogen-bond donors (Lipinski definition) is 2. The second-order valence-electron chi connectivity index (χ2n) is 4.88. The predicted molar refractivity (Wildman–Crippen MR) is 85.2 cm³/mol. The Kier molecular flexibility index (Phi) is 5.52. The number of aliphatic carboxylic acids is 1. The van der Waals surface area contributed by atoms with E-state index in [9.17, 15) is 14.7 Å². The lowest BCUT2D eigenvalue weighted by Crippen LogP contribution is -2.03. The third-order valence-corrected chi connectivity index (χ3v) is 3.07. The number of aromatic hydroxyl groups is 1. The van der Waals surface area contributed by atoms with E-state index in [-0.39, 0.29) is 12.2 Å². The van der Waals surface area contributed by atoms with Crippen molar-refractivity contribution in [1.82, 2.24) is 0 Å². The monoisotopic (exact) mass is 312 g/mol. The highest BCUT2D eigenvalue weighted by atomic mass is 16.5. The summed E-state index contributed by atoms with van der Waals surface area (Å²) >= 11 is 0. The zero-order valence-corrected chi connectivity index (χ0v) is 12.3. The van der Waals surface area contributed by atoms with E-state index in [1.54, 1.807) is 42.5 Å². The van der Waals surface area contributed by atoms with Crippen LogP contribution in [-0.2, 0) is 16.0 Å². The molecule has 23 heavy (non-hydrogen) atoms. The molecular weight excluding hydrogens is 296 g/mol. The summed E-state index contributed by atoms with van der Waals surface area (Å²) in [5, 5.41) is 17.8. The van der Waals surface area contributed by atoms with Crippen LogP contribution in [0.15, 0.2) is 54.6 Å². The second-order valence-corrected chi connectivity index (χ2v) is 4.88. The van der Waals surface area contributed by atoms with E-state index >= 15 is 0 Å². The molecule has 0 atom stereocenters. The largest absolute Gasteiger partial charge is 0.508 e. The maximum atomic E-state index is 11.7. The summed E-state index contributed by atoms with van der Waals surface area (Å²) in [5.74, 6) is -0.812. The minimum atomic E-state index is -0.847. The van der Waals surface area contributed by atoms with Crippen molar-refractivity contribution in [1.29, 1.82) is 0 Å². The minimum absolute atomic E-state index is 0.0640. The van der Waals surface area contributed by atoms with Crippen LogP contribution in [0.3, 0.4) is 0 Å². The molecule has 2 N–H and O–H groups in total. The first-order chi connectivity index (χ1) is 11.0. The third-order valence-electron chi connectivity index (χ3n) is 3.07. The fourth-order valence-electron chi connectivity index (χ4n) is 1.88. The molecule has 2 aromatic carbocycles. The molecule has 0 saturated heterocycles. The summed E-state index contributed by atoms with van der Waals surface area (Å²) in [6.07, 6.45) is 3.38. The van der Waals surface area contributed by atoms with Crippen molar-refractivity contribution in [2.45, 2.75) is 12.8 Å². The lowest BCUT2D eigenvalue weighted by molar-refractivity contribution is -0.137. The Morgan fingerprint density at radius 3 is 2.26 bits per heavy atom. The van der Waals surface area contributed by atoms with E-state index in [1.807, 2.05) is 0 Å². The standard InChI is InChI=1S/C18H16O5/c19-15-7-1-13(2-8-15)6-12-18(22)23-16-9-3-14(4-10-16)5-11-17(20)21/h1-4,6-10,12,19H,5,11H2,(H,20,21)/b12-6+. The van der Waals surface area contributed by atoms with Gasteiger partial charge in [0.2, 0.25) is 0 Å². The minimum Gasteiger partial charge on any atom is -0.508 e. The van der Waals surface area contributed by atoms with Crippen molar-refractivity contribution in [3.63, 3.8) is 0 Å². The van der Waals surface area contributed by atoms with Crippen LogP contribution < -0.4 is 4.74 Å². The van der Waals surface area contributed by atoms with Crippen LogP contribution in [0.25, 0.3) is 6.08 Å². The smallest absolute Gasteiger partial charge is 0.336 e. The number of carboxylic acids is 1. The maximum absolute atomic E-state index is 11.7. The fourth-order valence-corrected chi connectivity index (χ4v) is 1.88. The Hall–Kier alpha value is -3.08. The first kappa shape index (κ1) is 16.3. The highest BCUT2D eigenvalue weighted by Gasteiger charge is 2.03. The number of benzene rings is 2. The number of carbonyl (C=O) groups is 2. The molecule has 5 heteroatoms. The average molecular weight is 312 g/mol. The molecule has 2 aromatic rings. The van der Waals surface area contributed by atoms with E-state index < -0.39 is 11.9 Å². The molecule has 0 amide bonds. The van der Waals surface area contributed by atoms with Gasteiger partial charge in [0.25, 0.3) is 0 Å². The predicted octanol–water partition coefficient (Wildman–Crippen LogP) is 3.03. The van der Waals surface area contributed by atoms with Crippen molar-refractivity contribution in [2.75, 3.05) is 0 Å². The molecule has 118 valence electrons. The number of carboxylic acid groups (broad SMARTS) is 1. The van der Waals surface area contributed by atoms with Crippen molar-refractivity contribution < 1.29 is 24.5 Å². The number of hydrogen-bond acceptors (Lipinski definition) is 4. The summed E-state index contributed by atoms with van der Waals surface area (Å²) in [6, 6.07) is 13.1. The first-order valence-corrected chi connectivity index (χ1v) is 7.02. The molecule has 0 heterocycles. The van der Waals surface area contributed by atoms with Crippen molar-refractivity contribution in [3.05, 3.63) is 65.7 Å². The molecule has 2 rings (SSSR count). The first-order valence-electron chi connectivity index (χ1n) is 7.02. The maximum Gasteiger partial charge on any atom is 0.336 e. The number of phenolic OH excluding ortho intramolecular Hbond substituents is 1. The van der Waals surface area contributed by atoms with Crippen LogP contribution in [0.5, 0.6) is 11.5 Å². The molecule has 0 saturated carbocycles. The highest BCUT2D eigenvalue weighted by Crippen LogP contribution is 2.15. The van der Waals surface area contributed by atoms with Gasteiger partial charge >= 0.3 is 11.9 Å². The lowest BCUT2D eigenvalue weighted by atomic mass is 10.1. The van der Waals surface area contributed by atoms with Crippen LogP contribution >= 0.6 is 0 Å². The van der Waals surface area contributed by atoms with Crippen molar-refractivity contribution >= 4 is 18.0 Å². The van der Waals surface area contributed by atoms with E-state index in [2.05, 4.69) is 0 Å². The number of rotatable bonds is 6. The fraction of sp³-hybridized carbons (Fsp3) is 0.111. The molecule has 0 aromatic heterocycles. The van der Waals surface area contributed by atoms with Gasteiger partial charge in [0, 0.05) is 12.5 Å². The zero-order valence-electron chi connectivity index (χ0n) is 12.3. The molecule has 0 unspecified atom stereocenters. The van der Waals surface area contributed by atoms with E-state index in [0.29, 0.717) is 12.2 Å². The van der Waals surface area contributed by atoms with Gasteiger partial charge in [0.05, 0.1) is 0 Å². The molecule has 0 aliphatic rings. The van der Waals surface area contributed by atoms with Gasteiger partial charge in [0.1, 0.15) is 11.5 Å². The third kappa shape index (κ3) is 5.67. The van der Waals surface area contributed by atoms with E-state index in [1.165, 1.54) is 18.2 Å². The molecular formula is C18H16O5. The topological polar surface area (TPSA) is 83.8 Å². The average Bonchev–Trinajstić information content (AvgIpc) is 2.53. The molecule has 0 bridgehead atoms. The van der Waals surface area contributed by atoms with Gasteiger partial charge < -0.3 is 14.9 Å². The summed E-state index contributed by atoms with van der Waals surface area (Å²) in [6.45, 7) is 0. The highest BCUT2D eigenvalue weighted by molar-refractivity contribution is 5.88. The van der Waals surface area contributed by atoms with Gasteiger partial charge in [-0.1, -0.05) is 24.3 Å². The van der Waals surface area contributed by atoms with Gasteiger partial charge in [-0.25, -0.2) is 4.79 Å².